The van der Waals surface area contributed by atoms with E-state index in [1.807, 2.05) is 6.92 Å². The summed E-state index contributed by atoms with van der Waals surface area (Å²) in [6.07, 6.45) is 2.99. The second-order valence-corrected chi connectivity index (χ2v) is 5.29. The lowest BCUT2D eigenvalue weighted by Gasteiger charge is -2.31. The number of fused-ring (bicyclic) bond motifs is 1. The molecular formula is C15H24N2O2. The number of para-hydroxylation sites is 1. The van der Waals surface area contributed by atoms with E-state index in [1.165, 1.54) is 23.2 Å². The third kappa shape index (κ3) is 3.08. The van der Waals surface area contributed by atoms with E-state index in [0.29, 0.717) is 13.0 Å². The number of aliphatic hydroxyl groups is 2. The molecule has 4 nitrogen and oxygen atoms in total. The van der Waals surface area contributed by atoms with Crippen molar-refractivity contribution in [2.45, 2.75) is 38.3 Å². The van der Waals surface area contributed by atoms with Gasteiger partial charge in [-0.25, -0.2) is 0 Å². The maximum absolute atomic E-state index is 9.45. The zero-order valence-electron chi connectivity index (χ0n) is 11.6. The van der Waals surface area contributed by atoms with Crippen molar-refractivity contribution in [3.8, 4) is 0 Å². The highest BCUT2D eigenvalue weighted by atomic mass is 16.3. The molecule has 106 valence electrons. The molecule has 0 saturated heterocycles. The van der Waals surface area contributed by atoms with E-state index in [-0.39, 0.29) is 13.2 Å². The van der Waals surface area contributed by atoms with Crippen LogP contribution < -0.4 is 10.6 Å². The van der Waals surface area contributed by atoms with Crippen LogP contribution in [0.1, 0.15) is 30.9 Å². The van der Waals surface area contributed by atoms with Gasteiger partial charge in [0.2, 0.25) is 0 Å². The highest BCUT2D eigenvalue weighted by Crippen LogP contribution is 2.26. The van der Waals surface area contributed by atoms with Crippen LogP contribution in [0.2, 0.25) is 0 Å². The van der Waals surface area contributed by atoms with E-state index in [9.17, 15) is 10.2 Å². The van der Waals surface area contributed by atoms with Crippen LogP contribution in [0.4, 0.5) is 5.69 Å². The minimum absolute atomic E-state index is 0.0531. The third-order valence-electron chi connectivity index (χ3n) is 4.10. The highest BCUT2D eigenvalue weighted by molar-refractivity contribution is 5.59. The lowest BCUT2D eigenvalue weighted by molar-refractivity contribution is 0.0864. The Balaban J connectivity index is 2.11. The van der Waals surface area contributed by atoms with Gasteiger partial charge in [0.25, 0.3) is 0 Å². The summed E-state index contributed by atoms with van der Waals surface area (Å²) in [5, 5.41) is 25.7. The van der Waals surface area contributed by atoms with Crippen molar-refractivity contribution in [2.75, 3.05) is 25.1 Å². The molecule has 0 spiro atoms. The summed E-state index contributed by atoms with van der Waals surface area (Å²) in [7, 11) is 0. The predicted octanol–water partition coefficient (Wildman–Crippen LogP) is 1.27. The minimum Gasteiger partial charge on any atom is -0.394 e. The third-order valence-corrected chi connectivity index (χ3v) is 4.10. The van der Waals surface area contributed by atoms with Crippen molar-refractivity contribution >= 4 is 5.69 Å². The maximum Gasteiger partial charge on any atom is 0.0648 e. The molecule has 0 fully saturated rings. The van der Waals surface area contributed by atoms with Crippen molar-refractivity contribution in [3.63, 3.8) is 0 Å². The molecule has 1 aliphatic heterocycles. The van der Waals surface area contributed by atoms with Gasteiger partial charge in [0, 0.05) is 18.8 Å². The van der Waals surface area contributed by atoms with Crippen LogP contribution in [0.5, 0.6) is 0 Å². The average molecular weight is 264 g/mol. The molecule has 0 aromatic heterocycles. The summed E-state index contributed by atoms with van der Waals surface area (Å²) in [5.74, 6) is 0. The Morgan fingerprint density at radius 2 is 2.11 bits per heavy atom. The quantitative estimate of drug-likeness (QED) is 0.625. The maximum atomic E-state index is 9.45. The summed E-state index contributed by atoms with van der Waals surface area (Å²) in [6, 6.07) is 6.34. The Labute approximate surface area is 114 Å². The Morgan fingerprint density at radius 1 is 1.32 bits per heavy atom. The van der Waals surface area contributed by atoms with E-state index in [1.54, 1.807) is 0 Å². The molecule has 0 aliphatic carbocycles. The number of aliphatic hydroxyl groups excluding tert-OH is 2. The fraction of sp³-hybridized carbons (Fsp3) is 0.600. The number of benzene rings is 1. The molecule has 1 aliphatic rings. The Bertz CT molecular complexity index is 408. The first-order chi connectivity index (χ1) is 9.24. The second-order valence-electron chi connectivity index (χ2n) is 5.29. The van der Waals surface area contributed by atoms with Crippen molar-refractivity contribution in [2.24, 2.45) is 0 Å². The first-order valence-corrected chi connectivity index (χ1v) is 7.06. The molecule has 1 heterocycles. The Hall–Kier alpha value is -1.10. The standard InChI is InChI=1S/C15H24N2O2/c1-2-15(10-18,11-19)17-9-13-6-3-5-12-7-4-8-16-14(12)13/h3,5-6,16-19H,2,4,7-11H2,1H3. The summed E-state index contributed by atoms with van der Waals surface area (Å²) in [6.45, 7) is 3.54. The van der Waals surface area contributed by atoms with Gasteiger partial charge < -0.3 is 20.8 Å². The molecule has 4 N–H and O–H groups in total. The van der Waals surface area contributed by atoms with E-state index in [0.717, 1.165) is 13.0 Å². The fourth-order valence-electron chi connectivity index (χ4n) is 2.52. The monoisotopic (exact) mass is 264 g/mol. The zero-order chi connectivity index (χ0) is 13.7. The van der Waals surface area contributed by atoms with Gasteiger partial charge in [-0.3, -0.25) is 0 Å². The van der Waals surface area contributed by atoms with Crippen LogP contribution in [0.25, 0.3) is 0 Å². The zero-order valence-corrected chi connectivity index (χ0v) is 11.6. The molecule has 0 atom stereocenters. The van der Waals surface area contributed by atoms with Gasteiger partial charge in [-0.05, 0) is 30.4 Å². The van der Waals surface area contributed by atoms with Gasteiger partial charge in [-0.2, -0.15) is 0 Å². The molecule has 0 unspecified atom stereocenters. The van der Waals surface area contributed by atoms with Gasteiger partial charge in [-0.1, -0.05) is 25.1 Å². The highest BCUT2D eigenvalue weighted by Gasteiger charge is 2.26. The normalized spacial score (nSPS) is 14.9. The van der Waals surface area contributed by atoms with E-state index >= 15 is 0 Å². The number of nitrogens with one attached hydrogen (secondary N) is 2. The minimum atomic E-state index is -0.586. The van der Waals surface area contributed by atoms with Crippen LogP contribution in [-0.4, -0.2) is 35.5 Å². The number of hydrogen-bond acceptors (Lipinski definition) is 4. The van der Waals surface area contributed by atoms with Crippen molar-refractivity contribution in [3.05, 3.63) is 29.3 Å². The topological polar surface area (TPSA) is 64.5 Å². The molecule has 2 rings (SSSR count). The van der Waals surface area contributed by atoms with Gasteiger partial charge in [0.1, 0.15) is 0 Å². The van der Waals surface area contributed by atoms with E-state index in [2.05, 4.69) is 28.8 Å². The van der Waals surface area contributed by atoms with Crippen molar-refractivity contribution in [1.29, 1.82) is 0 Å². The summed E-state index contributed by atoms with van der Waals surface area (Å²) < 4.78 is 0. The molecule has 1 aromatic carbocycles. The molecule has 4 heteroatoms. The lowest BCUT2D eigenvalue weighted by Crippen LogP contribution is -2.50. The van der Waals surface area contributed by atoms with Crippen LogP contribution in [0.3, 0.4) is 0 Å². The first kappa shape index (κ1) is 14.3. The van der Waals surface area contributed by atoms with Gasteiger partial charge in [0.15, 0.2) is 0 Å². The molecule has 0 bridgehead atoms. The van der Waals surface area contributed by atoms with Gasteiger partial charge in [0.05, 0.1) is 18.8 Å². The summed E-state index contributed by atoms with van der Waals surface area (Å²) >= 11 is 0. The predicted molar refractivity (Wildman–Crippen MR) is 77.3 cm³/mol. The van der Waals surface area contributed by atoms with Crippen LogP contribution in [0.15, 0.2) is 18.2 Å². The van der Waals surface area contributed by atoms with Gasteiger partial charge >= 0.3 is 0 Å². The fourth-order valence-corrected chi connectivity index (χ4v) is 2.52. The molecule has 1 aromatic rings. The lowest BCUT2D eigenvalue weighted by atomic mass is 9.96. The van der Waals surface area contributed by atoms with Crippen LogP contribution in [0, 0.1) is 0 Å². The van der Waals surface area contributed by atoms with E-state index in [4.69, 9.17) is 0 Å². The van der Waals surface area contributed by atoms with Crippen molar-refractivity contribution < 1.29 is 10.2 Å². The number of hydrogen-bond donors (Lipinski definition) is 4. The molecule has 0 amide bonds. The van der Waals surface area contributed by atoms with Crippen LogP contribution >= 0.6 is 0 Å². The number of aryl methyl sites for hydroxylation is 1. The largest absolute Gasteiger partial charge is 0.394 e. The average Bonchev–Trinajstić information content (AvgIpc) is 2.49. The smallest absolute Gasteiger partial charge is 0.0648 e. The summed E-state index contributed by atoms with van der Waals surface area (Å²) in [5.41, 5.74) is 3.21. The van der Waals surface area contributed by atoms with E-state index < -0.39 is 5.54 Å². The summed E-state index contributed by atoms with van der Waals surface area (Å²) in [4.78, 5) is 0. The first-order valence-electron chi connectivity index (χ1n) is 7.06. The Morgan fingerprint density at radius 3 is 2.79 bits per heavy atom. The SMILES string of the molecule is CCC(CO)(CO)NCc1cccc2c1NCCC2. The molecule has 0 saturated carbocycles. The van der Waals surface area contributed by atoms with Gasteiger partial charge in [-0.15, -0.1) is 0 Å². The van der Waals surface area contributed by atoms with Crippen molar-refractivity contribution in [1.82, 2.24) is 5.32 Å². The molecule has 0 radical (unpaired) electrons. The van der Waals surface area contributed by atoms with Crippen LogP contribution in [-0.2, 0) is 13.0 Å². The molecular weight excluding hydrogens is 240 g/mol. The second kappa shape index (κ2) is 6.37. The Kier molecular flexibility index (Phi) is 4.80. The number of anilines is 1. The number of rotatable bonds is 6. The molecule has 19 heavy (non-hydrogen) atoms.